The predicted octanol–water partition coefficient (Wildman–Crippen LogP) is 0.682. The van der Waals surface area contributed by atoms with Gasteiger partial charge in [-0.25, -0.2) is 5.84 Å². The molecule has 0 fully saturated rings. The van der Waals surface area contributed by atoms with Gasteiger partial charge in [-0.15, -0.1) is 0 Å². The summed E-state index contributed by atoms with van der Waals surface area (Å²) in [5.74, 6) is -8.48. The van der Waals surface area contributed by atoms with E-state index in [-0.39, 0.29) is 163 Å². The first-order valence-electron chi connectivity index (χ1n) is 51.3. The average molecular weight is 1980 g/mol. The zero-order valence-corrected chi connectivity index (χ0v) is 87.3. The number of carbonyl (C=O) groups is 17. The standard InChI is InChI=1S/C97H187N25O17/c1-57(2)48-66(104)83(125)108-68(35-22-28-42-99)85(127)110-70(37-24-30-44-101)87(129)114-75(51-60(7)8)93(135)118-74(50-59(5)6)91(133)113-72(39-26-32-46-103)89(131)116-76(52-61(9)10)94(136)117-73(49-58(3)4)90(132)112-69(36-23-29-43-100)86(128)111-71(38-25-31-45-102)88(130)115-77(53-62(11)12)95(137)119-79(55-64(15)16)96(138)121-82(65(17)18)97(139)120-78(54-63(13)14)92(134)109-67(34-21-27-41-98)84(126)107-56-81(124)106-47-33-19-20-40-80(123)122-105/h57-79,82H,19-56,98-105H2,1-18H3,(H,106,124)(H,107,126)(H,108,125)(H,109,134)(H,110,127)(H,111,128)(H,112,132)(H,113,133)(H,114,129)(H,115,130)(H,116,131)(H,117,136)(H,118,135)(H,119,137)(H,120,139)(H,121,138)(H,122,123)/t66-,67-,68-,69-,70-,71-,72-,73-,74-,75-,76-,77-,78-,79-,82-/m0/s1. The Hall–Kier alpha value is -9.33. The van der Waals surface area contributed by atoms with Crippen molar-refractivity contribution in [2.75, 3.05) is 52.4 Å². The average Bonchev–Trinajstić information content (AvgIpc) is 0.833. The summed E-state index contributed by atoms with van der Waals surface area (Å²) in [6.07, 6.45) is 8.54. The van der Waals surface area contributed by atoms with E-state index in [1.165, 1.54) is 0 Å². The van der Waals surface area contributed by atoms with E-state index in [1.54, 1.807) is 13.8 Å². The van der Waals surface area contributed by atoms with Crippen LogP contribution in [0, 0.1) is 53.3 Å². The fourth-order valence-corrected chi connectivity index (χ4v) is 15.7. The van der Waals surface area contributed by atoms with Crippen LogP contribution in [0.3, 0.4) is 0 Å². The monoisotopic (exact) mass is 1970 g/mol. The van der Waals surface area contributed by atoms with Crippen molar-refractivity contribution >= 4 is 100 Å². The highest BCUT2D eigenvalue weighted by atomic mass is 16.2. The van der Waals surface area contributed by atoms with E-state index in [0.717, 1.165) is 0 Å². The first kappa shape index (κ1) is 130. The maximum Gasteiger partial charge on any atom is 0.243 e. The number of rotatable bonds is 78. The SMILES string of the molecule is CC(C)C[C@H](NC(=O)[C@H](CCCCN)NC(=O)[C@H](CC(C)C)NC(=O)[C@H](CC(C)C)NC(=O)[C@H](CCCCN)NC(=O)[C@H](CCCCN)NC(=O)[C@@H](N)CC(C)C)C(=O)N[C@@H](CC(C)C)C(=O)N[C@@H](CCCCN)C(=O)N[C@@H](CCCCN)C(=O)N[C@@H](CC(C)C)C(=O)N[C@@H](CC(C)C)C(=O)N[C@H](C(=O)N[C@@H](CC(C)C)C(=O)N[C@@H](CCCCN)C(=O)NCC(=O)NCCCCCC(=O)NN)C(C)C. The van der Waals surface area contributed by atoms with Crippen molar-refractivity contribution in [3.8, 4) is 0 Å². The minimum absolute atomic E-state index is 0.0119. The lowest BCUT2D eigenvalue weighted by Gasteiger charge is -2.30. The summed E-state index contributed by atoms with van der Waals surface area (Å²) in [6, 6.07) is -18.5. The van der Waals surface area contributed by atoms with Crippen molar-refractivity contribution in [1.29, 1.82) is 0 Å². The molecule has 0 spiro atoms. The zero-order valence-electron chi connectivity index (χ0n) is 87.3. The molecule has 0 aromatic rings. The van der Waals surface area contributed by atoms with Crippen molar-refractivity contribution in [2.24, 2.45) is 99.2 Å². The third-order valence-electron chi connectivity index (χ3n) is 23.2. The third-order valence-corrected chi connectivity index (χ3v) is 23.2. The molecule has 0 aromatic heterocycles. The highest BCUT2D eigenvalue weighted by Crippen LogP contribution is 2.20. The predicted molar refractivity (Wildman–Crippen MR) is 540 cm³/mol. The fraction of sp³-hybridized carbons (Fsp3) is 0.825. The molecule has 0 saturated heterocycles. The van der Waals surface area contributed by atoms with Gasteiger partial charge in [0.1, 0.15) is 84.6 Å². The van der Waals surface area contributed by atoms with E-state index < -0.39 is 198 Å². The number of hydrogen-bond donors (Lipinski definition) is 25. The molecule has 0 rings (SSSR count). The van der Waals surface area contributed by atoms with Gasteiger partial charge in [0.2, 0.25) is 100 Å². The summed E-state index contributed by atoms with van der Waals surface area (Å²) < 4.78 is 0. The molecule has 42 nitrogen and oxygen atoms in total. The molecule has 42 heteroatoms. The number of unbranched alkanes of at least 4 members (excludes halogenated alkanes) is 8. The number of nitrogens with two attached hydrogens (primary N) is 8. The number of carbonyl (C=O) groups excluding carboxylic acids is 17. The number of hydrazine groups is 1. The van der Waals surface area contributed by atoms with Crippen LogP contribution in [0.5, 0.6) is 0 Å². The van der Waals surface area contributed by atoms with Gasteiger partial charge in [-0.1, -0.05) is 131 Å². The molecular weight excluding hydrogens is 1790 g/mol. The van der Waals surface area contributed by atoms with Gasteiger partial charge >= 0.3 is 0 Å². The number of nitrogens with one attached hydrogen (secondary N) is 17. The Kier molecular flexibility index (Phi) is 68.8. The van der Waals surface area contributed by atoms with Crippen LogP contribution in [-0.4, -0.2) is 243 Å². The molecule has 0 aromatic carbocycles. The minimum Gasteiger partial charge on any atom is -0.355 e. The molecule has 139 heavy (non-hydrogen) atoms. The maximum absolute atomic E-state index is 15.0. The lowest BCUT2D eigenvalue weighted by atomic mass is 9.97. The fourth-order valence-electron chi connectivity index (χ4n) is 15.7. The molecule has 15 atom stereocenters. The van der Waals surface area contributed by atoms with E-state index in [2.05, 4.69) is 90.5 Å². The normalized spacial score (nSPS) is 14.8. The van der Waals surface area contributed by atoms with Crippen molar-refractivity contribution < 1.29 is 81.5 Å². The van der Waals surface area contributed by atoms with Gasteiger partial charge in [0.05, 0.1) is 12.6 Å². The van der Waals surface area contributed by atoms with E-state index in [9.17, 15) is 81.5 Å². The first-order chi connectivity index (χ1) is 65.5. The van der Waals surface area contributed by atoms with E-state index >= 15 is 0 Å². The smallest absolute Gasteiger partial charge is 0.243 e. The lowest BCUT2D eigenvalue weighted by molar-refractivity contribution is -0.137. The first-order valence-corrected chi connectivity index (χ1v) is 51.3. The summed E-state index contributed by atoms with van der Waals surface area (Å²) in [5, 5.41) is 44.8. The topological polar surface area (TPSA) is 703 Å². The van der Waals surface area contributed by atoms with Crippen molar-refractivity contribution in [2.45, 2.75) is 408 Å². The Balaban J connectivity index is 7.35. The molecule has 0 aliphatic heterocycles. The summed E-state index contributed by atoms with van der Waals surface area (Å²) >= 11 is 0. The molecular formula is C97H187N25O17. The van der Waals surface area contributed by atoms with Crippen LogP contribution in [0.1, 0.15) is 317 Å². The highest BCUT2D eigenvalue weighted by molar-refractivity contribution is 6.01. The Morgan fingerprint density at radius 1 is 0.209 bits per heavy atom. The van der Waals surface area contributed by atoms with Crippen LogP contribution in [0.4, 0.5) is 0 Å². The molecule has 0 heterocycles. The minimum atomic E-state index is -1.34. The van der Waals surface area contributed by atoms with E-state index in [0.29, 0.717) is 129 Å². The van der Waals surface area contributed by atoms with Crippen LogP contribution in [0.25, 0.3) is 0 Å². The number of amides is 17. The van der Waals surface area contributed by atoms with Crippen LogP contribution in [0.2, 0.25) is 0 Å². The van der Waals surface area contributed by atoms with Crippen molar-refractivity contribution in [3.05, 3.63) is 0 Å². The largest absolute Gasteiger partial charge is 0.355 e. The second kappa shape index (κ2) is 73.7. The Morgan fingerprint density at radius 2 is 0.417 bits per heavy atom. The van der Waals surface area contributed by atoms with Crippen LogP contribution < -0.4 is 136 Å². The Bertz CT molecular complexity index is 3670. The van der Waals surface area contributed by atoms with Gasteiger partial charge in [-0.3, -0.25) is 86.9 Å². The zero-order chi connectivity index (χ0) is 106. The Labute approximate surface area is 828 Å². The summed E-state index contributed by atoms with van der Waals surface area (Å²) in [4.78, 5) is 243. The van der Waals surface area contributed by atoms with Gasteiger partial charge in [0.25, 0.3) is 0 Å². The van der Waals surface area contributed by atoms with Gasteiger partial charge in [-0.2, -0.15) is 0 Å². The molecule has 0 bridgehead atoms. The maximum atomic E-state index is 15.0. The second-order valence-corrected chi connectivity index (χ2v) is 40.8. The quantitative estimate of drug-likeness (QED) is 0.0172. The molecule has 33 N–H and O–H groups in total. The van der Waals surface area contributed by atoms with Crippen LogP contribution in [-0.2, 0) is 81.5 Å². The summed E-state index contributed by atoms with van der Waals surface area (Å²) in [6.45, 7) is 34.3. The van der Waals surface area contributed by atoms with Crippen molar-refractivity contribution in [3.63, 3.8) is 0 Å². The van der Waals surface area contributed by atoms with Crippen LogP contribution in [0.15, 0.2) is 0 Å². The summed E-state index contributed by atoms with van der Waals surface area (Å²) in [5.41, 5.74) is 43.6. The number of hydrogen-bond acceptors (Lipinski definition) is 25. The highest BCUT2D eigenvalue weighted by Gasteiger charge is 2.40. The second-order valence-electron chi connectivity index (χ2n) is 40.8. The van der Waals surface area contributed by atoms with Crippen LogP contribution >= 0.6 is 0 Å². The summed E-state index contributed by atoms with van der Waals surface area (Å²) in [7, 11) is 0. The van der Waals surface area contributed by atoms with E-state index in [4.69, 9.17) is 46.0 Å². The molecule has 0 unspecified atom stereocenters. The molecule has 0 radical (unpaired) electrons. The third kappa shape index (κ3) is 58.0. The molecule has 0 aliphatic rings. The molecule has 802 valence electrons. The van der Waals surface area contributed by atoms with Gasteiger partial charge in [0, 0.05) is 13.0 Å². The lowest BCUT2D eigenvalue weighted by Crippen LogP contribution is -2.61. The van der Waals surface area contributed by atoms with Crippen molar-refractivity contribution in [1.82, 2.24) is 90.5 Å². The molecule has 0 aliphatic carbocycles. The Morgan fingerprint density at radius 3 is 0.640 bits per heavy atom. The molecule has 17 amide bonds. The van der Waals surface area contributed by atoms with E-state index in [1.807, 2.05) is 111 Å². The van der Waals surface area contributed by atoms with Gasteiger partial charge in [0.15, 0.2) is 0 Å². The van der Waals surface area contributed by atoms with Gasteiger partial charge in [-0.05, 0) is 272 Å². The molecule has 0 saturated carbocycles. The van der Waals surface area contributed by atoms with Gasteiger partial charge < -0.3 is 125 Å².